The molecule has 4 nitrogen and oxygen atoms in total. The van der Waals surface area contributed by atoms with E-state index in [9.17, 15) is 0 Å². The SMILES string of the molecule is Cc1cc(CNCC2CCN(C3CC3)C2)n(C)n1. The van der Waals surface area contributed by atoms with Gasteiger partial charge in [-0.2, -0.15) is 5.10 Å². The number of nitrogens with one attached hydrogen (secondary N) is 1. The molecule has 100 valence electrons. The third-order valence-electron chi connectivity index (χ3n) is 4.22. The Morgan fingerprint density at radius 1 is 1.39 bits per heavy atom. The van der Waals surface area contributed by atoms with Crippen molar-refractivity contribution in [2.24, 2.45) is 13.0 Å². The summed E-state index contributed by atoms with van der Waals surface area (Å²) in [5.41, 5.74) is 2.39. The van der Waals surface area contributed by atoms with Crippen molar-refractivity contribution in [3.8, 4) is 0 Å². The fourth-order valence-corrected chi connectivity index (χ4v) is 3.03. The summed E-state index contributed by atoms with van der Waals surface area (Å²) in [5.74, 6) is 0.847. The fourth-order valence-electron chi connectivity index (χ4n) is 3.03. The molecule has 1 saturated heterocycles. The lowest BCUT2D eigenvalue weighted by Gasteiger charge is -2.15. The summed E-state index contributed by atoms with van der Waals surface area (Å²) in [7, 11) is 2.02. The lowest BCUT2D eigenvalue weighted by atomic mass is 10.1. The zero-order chi connectivity index (χ0) is 12.5. The van der Waals surface area contributed by atoms with Crippen LogP contribution in [0, 0.1) is 12.8 Å². The molecule has 3 rings (SSSR count). The van der Waals surface area contributed by atoms with Gasteiger partial charge in [-0.15, -0.1) is 0 Å². The number of aromatic nitrogens is 2. The highest BCUT2D eigenvalue weighted by molar-refractivity contribution is 5.08. The summed E-state index contributed by atoms with van der Waals surface area (Å²) in [5, 5.41) is 7.96. The molecule has 1 unspecified atom stereocenters. The van der Waals surface area contributed by atoms with Gasteiger partial charge in [0.25, 0.3) is 0 Å². The summed E-state index contributed by atoms with van der Waals surface area (Å²) in [6.45, 7) is 6.77. The van der Waals surface area contributed by atoms with Gasteiger partial charge in [0, 0.05) is 26.2 Å². The van der Waals surface area contributed by atoms with Gasteiger partial charge in [-0.1, -0.05) is 0 Å². The molecule has 18 heavy (non-hydrogen) atoms. The second kappa shape index (κ2) is 5.02. The third-order valence-corrected chi connectivity index (χ3v) is 4.22. The Bertz CT molecular complexity index is 408. The molecule has 0 amide bonds. The van der Waals surface area contributed by atoms with E-state index in [4.69, 9.17) is 0 Å². The smallest absolute Gasteiger partial charge is 0.0597 e. The van der Waals surface area contributed by atoms with Crippen LogP contribution in [0.4, 0.5) is 0 Å². The van der Waals surface area contributed by atoms with Gasteiger partial charge in [0.05, 0.1) is 11.4 Å². The monoisotopic (exact) mass is 248 g/mol. The minimum Gasteiger partial charge on any atom is -0.311 e. The zero-order valence-electron chi connectivity index (χ0n) is 11.5. The molecule has 1 aliphatic heterocycles. The van der Waals surface area contributed by atoms with Gasteiger partial charge < -0.3 is 10.2 Å². The van der Waals surface area contributed by atoms with Crippen LogP contribution in [0.15, 0.2) is 6.07 Å². The predicted octanol–water partition coefficient (Wildman–Crippen LogP) is 1.30. The van der Waals surface area contributed by atoms with Crippen LogP contribution in [0.3, 0.4) is 0 Å². The summed E-state index contributed by atoms with van der Waals surface area (Å²) in [4.78, 5) is 2.68. The van der Waals surface area contributed by atoms with Crippen molar-refractivity contribution in [1.82, 2.24) is 20.0 Å². The summed E-state index contributed by atoms with van der Waals surface area (Å²) in [6, 6.07) is 3.10. The van der Waals surface area contributed by atoms with Crippen LogP contribution in [0.25, 0.3) is 0 Å². The molecule has 2 aliphatic rings. The van der Waals surface area contributed by atoms with Crippen molar-refractivity contribution in [2.75, 3.05) is 19.6 Å². The Kier molecular flexibility index (Phi) is 3.39. The second-order valence-electron chi connectivity index (χ2n) is 5.91. The normalized spacial score (nSPS) is 24.9. The lowest BCUT2D eigenvalue weighted by molar-refractivity contribution is 0.311. The number of rotatable bonds is 5. The van der Waals surface area contributed by atoms with Crippen LogP contribution in [0.5, 0.6) is 0 Å². The van der Waals surface area contributed by atoms with E-state index < -0.39 is 0 Å². The Morgan fingerprint density at radius 2 is 2.22 bits per heavy atom. The summed E-state index contributed by atoms with van der Waals surface area (Å²) < 4.78 is 1.98. The minimum absolute atomic E-state index is 0.847. The maximum absolute atomic E-state index is 4.37. The number of likely N-dealkylation sites (tertiary alicyclic amines) is 1. The molecule has 4 heteroatoms. The van der Waals surface area contributed by atoms with Gasteiger partial charge in [0.2, 0.25) is 0 Å². The second-order valence-corrected chi connectivity index (χ2v) is 5.91. The van der Waals surface area contributed by atoms with E-state index in [-0.39, 0.29) is 0 Å². The van der Waals surface area contributed by atoms with Gasteiger partial charge in [-0.3, -0.25) is 4.68 Å². The van der Waals surface area contributed by atoms with Gasteiger partial charge in [0.15, 0.2) is 0 Å². The first-order valence-corrected chi connectivity index (χ1v) is 7.16. The van der Waals surface area contributed by atoms with Crippen LogP contribution < -0.4 is 5.32 Å². The summed E-state index contributed by atoms with van der Waals surface area (Å²) in [6.07, 6.45) is 4.25. The first-order valence-electron chi connectivity index (χ1n) is 7.16. The molecule has 1 atom stereocenters. The lowest BCUT2D eigenvalue weighted by Crippen LogP contribution is -2.27. The van der Waals surface area contributed by atoms with E-state index in [2.05, 4.69) is 21.4 Å². The van der Waals surface area contributed by atoms with Gasteiger partial charge in [-0.05, 0) is 51.3 Å². The number of hydrogen-bond donors (Lipinski definition) is 1. The molecule has 0 aromatic carbocycles. The first-order chi connectivity index (χ1) is 8.72. The third kappa shape index (κ3) is 2.75. The topological polar surface area (TPSA) is 33.1 Å². The van der Waals surface area contributed by atoms with Crippen molar-refractivity contribution in [3.63, 3.8) is 0 Å². The summed E-state index contributed by atoms with van der Waals surface area (Å²) >= 11 is 0. The first kappa shape index (κ1) is 12.2. The molecule has 1 aromatic heterocycles. The zero-order valence-corrected chi connectivity index (χ0v) is 11.5. The highest BCUT2D eigenvalue weighted by atomic mass is 15.3. The molecule has 1 N–H and O–H groups in total. The number of aryl methyl sites for hydroxylation is 2. The molecular weight excluding hydrogens is 224 g/mol. The maximum atomic E-state index is 4.37. The van der Waals surface area contributed by atoms with Gasteiger partial charge in [0.1, 0.15) is 0 Å². The largest absolute Gasteiger partial charge is 0.311 e. The van der Waals surface area contributed by atoms with Crippen LogP contribution in [0.1, 0.15) is 30.7 Å². The van der Waals surface area contributed by atoms with E-state index in [1.165, 1.54) is 38.0 Å². The van der Waals surface area contributed by atoms with Crippen molar-refractivity contribution in [1.29, 1.82) is 0 Å². The molecule has 1 aromatic rings. The highest BCUT2D eigenvalue weighted by Gasteiger charge is 2.33. The molecular formula is C14H24N4. The van der Waals surface area contributed by atoms with E-state index in [0.29, 0.717) is 0 Å². The van der Waals surface area contributed by atoms with E-state index >= 15 is 0 Å². The van der Waals surface area contributed by atoms with E-state index in [1.54, 1.807) is 0 Å². The van der Waals surface area contributed by atoms with Crippen molar-refractivity contribution in [2.45, 2.75) is 38.8 Å². The Hall–Kier alpha value is -0.870. The minimum atomic E-state index is 0.847. The Balaban J connectivity index is 1.41. The maximum Gasteiger partial charge on any atom is 0.0597 e. The van der Waals surface area contributed by atoms with Crippen molar-refractivity contribution >= 4 is 0 Å². The van der Waals surface area contributed by atoms with E-state index in [0.717, 1.165) is 30.7 Å². The molecule has 1 saturated carbocycles. The average molecular weight is 248 g/mol. The molecule has 0 spiro atoms. The predicted molar refractivity (Wildman–Crippen MR) is 72.4 cm³/mol. The number of hydrogen-bond acceptors (Lipinski definition) is 3. The standard InChI is InChI=1S/C14H24N4/c1-11-7-14(17(2)16-11)9-15-8-12-5-6-18(10-12)13-3-4-13/h7,12-13,15H,3-6,8-10H2,1-2H3. The van der Waals surface area contributed by atoms with E-state index in [1.807, 2.05) is 18.7 Å². The quantitative estimate of drug-likeness (QED) is 0.853. The van der Waals surface area contributed by atoms with Crippen LogP contribution in [-0.4, -0.2) is 40.4 Å². The highest BCUT2D eigenvalue weighted by Crippen LogP contribution is 2.31. The van der Waals surface area contributed by atoms with Gasteiger partial charge >= 0.3 is 0 Å². The van der Waals surface area contributed by atoms with Crippen LogP contribution in [0.2, 0.25) is 0 Å². The Labute approximate surface area is 109 Å². The molecule has 2 heterocycles. The van der Waals surface area contributed by atoms with Crippen LogP contribution in [-0.2, 0) is 13.6 Å². The fraction of sp³-hybridized carbons (Fsp3) is 0.786. The average Bonchev–Trinajstić information content (AvgIpc) is 2.99. The van der Waals surface area contributed by atoms with Crippen molar-refractivity contribution < 1.29 is 0 Å². The van der Waals surface area contributed by atoms with Crippen molar-refractivity contribution in [3.05, 3.63) is 17.5 Å². The van der Waals surface area contributed by atoms with Crippen LogP contribution >= 0.6 is 0 Å². The van der Waals surface area contributed by atoms with Gasteiger partial charge in [-0.25, -0.2) is 0 Å². The Morgan fingerprint density at radius 3 is 2.89 bits per heavy atom. The molecule has 0 radical (unpaired) electrons. The number of nitrogens with zero attached hydrogens (tertiary/aromatic N) is 3. The molecule has 0 bridgehead atoms. The molecule has 1 aliphatic carbocycles. The molecule has 2 fully saturated rings.